The molecule has 0 aliphatic rings. The van der Waals surface area contributed by atoms with Gasteiger partial charge in [-0.2, -0.15) is 0 Å². The van der Waals surface area contributed by atoms with Gasteiger partial charge < -0.3 is 0 Å². The van der Waals surface area contributed by atoms with E-state index in [2.05, 4.69) is 31.9 Å². The van der Waals surface area contributed by atoms with Gasteiger partial charge in [-0.15, -0.1) is 0 Å². The Morgan fingerprint density at radius 2 is 1.92 bits per heavy atom. The van der Waals surface area contributed by atoms with Crippen LogP contribution in [0.25, 0.3) is 0 Å². The Morgan fingerprint density at radius 3 is 2.33 bits per heavy atom. The average Bonchev–Trinajstić information content (AvgIpc) is 1.98. The van der Waals surface area contributed by atoms with E-state index < -0.39 is 0 Å². The normalized spacial score (nSPS) is 12.6. The number of halogens is 2. The molecule has 2 nitrogen and oxygen atoms in total. The summed E-state index contributed by atoms with van der Waals surface area (Å²) in [5.74, 6) is -0.513. The molecule has 0 aliphatic carbocycles. The summed E-state index contributed by atoms with van der Waals surface area (Å²) in [6.07, 6.45) is 1.41. The minimum atomic E-state index is -0.264. The van der Waals surface area contributed by atoms with Gasteiger partial charge >= 0.3 is 0 Å². The van der Waals surface area contributed by atoms with Crippen molar-refractivity contribution in [3.8, 4) is 0 Å². The maximum atomic E-state index is 11.1. The van der Waals surface area contributed by atoms with Crippen molar-refractivity contribution in [3.05, 3.63) is 0 Å². The molecule has 70 valence electrons. The zero-order valence-corrected chi connectivity index (χ0v) is 10.2. The fraction of sp³-hybridized carbons (Fsp3) is 0.750. The van der Waals surface area contributed by atoms with E-state index in [0.717, 1.165) is 11.8 Å². The van der Waals surface area contributed by atoms with Gasteiger partial charge in [0.1, 0.15) is 0 Å². The van der Waals surface area contributed by atoms with Crippen molar-refractivity contribution in [2.24, 2.45) is 0 Å². The number of hydrogen-bond acceptors (Lipinski definition) is 2. The zero-order chi connectivity index (χ0) is 9.56. The van der Waals surface area contributed by atoms with Crippen LogP contribution in [-0.4, -0.2) is 21.7 Å². The lowest BCUT2D eigenvalue weighted by molar-refractivity contribution is -0.136. The van der Waals surface area contributed by atoms with E-state index in [0.29, 0.717) is 12.8 Å². The fourth-order valence-electron chi connectivity index (χ4n) is 0.736. The Labute approximate surface area is 89.4 Å². The molecule has 0 heterocycles. The molecule has 1 atom stereocenters. The molecule has 0 radical (unpaired) electrons. The second kappa shape index (κ2) is 6.78. The van der Waals surface area contributed by atoms with Crippen molar-refractivity contribution in [2.45, 2.75) is 31.0 Å². The molecule has 4 heteroatoms. The van der Waals surface area contributed by atoms with E-state index in [9.17, 15) is 9.59 Å². The Kier molecular flexibility index (Phi) is 6.95. The minimum absolute atomic E-state index is 0.0953. The molecule has 0 fully saturated rings. The van der Waals surface area contributed by atoms with E-state index in [-0.39, 0.29) is 16.4 Å². The van der Waals surface area contributed by atoms with Gasteiger partial charge in [-0.3, -0.25) is 9.59 Å². The van der Waals surface area contributed by atoms with Gasteiger partial charge in [0, 0.05) is 23.0 Å². The maximum Gasteiger partial charge on any atom is 0.199 e. The molecule has 0 N–H and O–H groups in total. The second-order valence-electron chi connectivity index (χ2n) is 2.62. The highest BCUT2D eigenvalue weighted by Crippen LogP contribution is 2.06. The monoisotopic (exact) mass is 298 g/mol. The quantitative estimate of drug-likeness (QED) is 0.558. The first-order valence-electron chi connectivity index (χ1n) is 3.84. The SMILES string of the molecule is CC(Br)CC(=O)C(=O)CCCBr. The van der Waals surface area contributed by atoms with Crippen LogP contribution < -0.4 is 0 Å². The molecule has 0 aliphatic heterocycles. The van der Waals surface area contributed by atoms with E-state index in [4.69, 9.17) is 0 Å². The molecule has 0 amide bonds. The van der Waals surface area contributed by atoms with Crippen LogP contribution in [0.3, 0.4) is 0 Å². The van der Waals surface area contributed by atoms with Crippen LogP contribution in [0.5, 0.6) is 0 Å². The first-order valence-corrected chi connectivity index (χ1v) is 5.87. The third kappa shape index (κ3) is 5.89. The third-order valence-electron chi connectivity index (χ3n) is 1.32. The highest BCUT2D eigenvalue weighted by molar-refractivity contribution is 9.09. The van der Waals surface area contributed by atoms with Gasteiger partial charge in [-0.05, 0) is 6.42 Å². The van der Waals surface area contributed by atoms with Crippen LogP contribution in [0, 0.1) is 0 Å². The standard InChI is InChI=1S/C8H12Br2O2/c1-6(10)5-8(12)7(11)3-2-4-9/h6H,2-5H2,1H3. The van der Waals surface area contributed by atoms with Gasteiger partial charge in [0.05, 0.1) is 0 Å². The van der Waals surface area contributed by atoms with Crippen molar-refractivity contribution in [3.63, 3.8) is 0 Å². The smallest absolute Gasteiger partial charge is 0.199 e. The highest BCUT2D eigenvalue weighted by atomic mass is 79.9. The van der Waals surface area contributed by atoms with Crippen molar-refractivity contribution in [2.75, 3.05) is 5.33 Å². The number of carbonyl (C=O) groups excluding carboxylic acids is 2. The first-order chi connectivity index (χ1) is 5.57. The molecule has 0 spiro atoms. The maximum absolute atomic E-state index is 11.1. The summed E-state index contributed by atoms with van der Waals surface area (Å²) in [4.78, 5) is 22.2. The van der Waals surface area contributed by atoms with Crippen LogP contribution in [-0.2, 0) is 9.59 Å². The van der Waals surface area contributed by atoms with E-state index in [1.54, 1.807) is 0 Å². The summed E-state index contributed by atoms with van der Waals surface area (Å²) < 4.78 is 0. The van der Waals surface area contributed by atoms with Crippen molar-refractivity contribution in [1.29, 1.82) is 0 Å². The molecule has 0 saturated carbocycles. The van der Waals surface area contributed by atoms with Crippen molar-refractivity contribution >= 4 is 43.4 Å². The Bertz CT molecular complexity index is 166. The predicted molar refractivity (Wildman–Crippen MR) is 56.0 cm³/mol. The minimum Gasteiger partial charge on any atom is -0.291 e. The van der Waals surface area contributed by atoms with Gasteiger partial charge in [-0.1, -0.05) is 38.8 Å². The number of hydrogen-bond donors (Lipinski definition) is 0. The van der Waals surface area contributed by atoms with E-state index in [1.807, 2.05) is 6.92 Å². The van der Waals surface area contributed by atoms with E-state index >= 15 is 0 Å². The number of ketones is 2. The number of rotatable bonds is 6. The highest BCUT2D eigenvalue weighted by Gasteiger charge is 2.14. The molecule has 0 aromatic carbocycles. The summed E-state index contributed by atoms with van der Waals surface area (Å²) in [5, 5.41) is 0.774. The predicted octanol–water partition coefficient (Wildman–Crippen LogP) is 2.47. The summed E-state index contributed by atoms with van der Waals surface area (Å²) in [6, 6.07) is 0. The van der Waals surface area contributed by atoms with Gasteiger partial charge in [0.2, 0.25) is 0 Å². The molecular formula is C8H12Br2O2. The molecule has 0 aromatic heterocycles. The van der Waals surface area contributed by atoms with Crippen LogP contribution in [0.4, 0.5) is 0 Å². The number of Topliss-reactive ketones (excluding diaryl/α,β-unsaturated/α-hetero) is 2. The lowest BCUT2D eigenvalue weighted by Crippen LogP contribution is -2.16. The van der Waals surface area contributed by atoms with Crippen LogP contribution in [0.15, 0.2) is 0 Å². The van der Waals surface area contributed by atoms with Crippen LogP contribution >= 0.6 is 31.9 Å². The molecule has 0 rings (SSSR count). The molecule has 12 heavy (non-hydrogen) atoms. The Hall–Kier alpha value is 0.300. The Balaban J connectivity index is 3.70. The fourth-order valence-corrected chi connectivity index (χ4v) is 1.31. The summed E-state index contributed by atoms with van der Waals surface area (Å²) in [5.41, 5.74) is 0. The van der Waals surface area contributed by atoms with Crippen LogP contribution in [0.2, 0.25) is 0 Å². The number of alkyl halides is 2. The molecule has 0 aromatic rings. The second-order valence-corrected chi connectivity index (χ2v) is 4.98. The number of carbonyl (C=O) groups is 2. The molecule has 0 saturated heterocycles. The summed E-state index contributed by atoms with van der Waals surface area (Å²) in [7, 11) is 0. The van der Waals surface area contributed by atoms with Gasteiger partial charge in [0.25, 0.3) is 0 Å². The Morgan fingerprint density at radius 1 is 1.33 bits per heavy atom. The van der Waals surface area contributed by atoms with Crippen molar-refractivity contribution < 1.29 is 9.59 Å². The zero-order valence-electron chi connectivity index (χ0n) is 6.98. The lowest BCUT2D eigenvalue weighted by Gasteiger charge is -2.00. The lowest BCUT2D eigenvalue weighted by atomic mass is 10.1. The van der Waals surface area contributed by atoms with Crippen molar-refractivity contribution in [1.82, 2.24) is 0 Å². The summed E-state index contributed by atoms with van der Waals surface area (Å²) >= 11 is 6.43. The topological polar surface area (TPSA) is 34.1 Å². The van der Waals surface area contributed by atoms with E-state index in [1.165, 1.54) is 0 Å². The molecule has 0 bridgehead atoms. The van der Waals surface area contributed by atoms with Gasteiger partial charge in [0.15, 0.2) is 11.6 Å². The summed E-state index contributed by atoms with van der Waals surface area (Å²) in [6.45, 7) is 1.86. The largest absolute Gasteiger partial charge is 0.291 e. The average molecular weight is 300 g/mol. The van der Waals surface area contributed by atoms with Gasteiger partial charge in [-0.25, -0.2) is 0 Å². The molecular weight excluding hydrogens is 288 g/mol. The van der Waals surface area contributed by atoms with Crippen LogP contribution in [0.1, 0.15) is 26.2 Å². The first kappa shape index (κ1) is 12.3. The third-order valence-corrected chi connectivity index (χ3v) is 2.20. The molecule has 1 unspecified atom stereocenters.